The first kappa shape index (κ1) is 14.9. The first-order valence-corrected chi connectivity index (χ1v) is 6.78. The molecule has 4 heteroatoms. The zero-order valence-corrected chi connectivity index (χ0v) is 12.9. The number of hydrogen-bond acceptors (Lipinski definition) is 1. The van der Waals surface area contributed by atoms with Gasteiger partial charge in [-0.1, -0.05) is 31.5 Å². The van der Waals surface area contributed by atoms with E-state index in [9.17, 15) is 4.39 Å². The highest BCUT2D eigenvalue weighted by atomic mass is 79.9. The SMILES string of the molecule is CNC(C)CC(C)(C)c1ccc(Br)c(Cl)c1F. The minimum atomic E-state index is -0.325. The fraction of sp³-hybridized carbons (Fsp3) is 0.538. The zero-order chi connectivity index (χ0) is 13.2. The molecular weight excluding hydrogens is 305 g/mol. The number of benzene rings is 1. The smallest absolute Gasteiger partial charge is 0.146 e. The molecule has 1 atom stereocenters. The number of halogens is 3. The molecule has 1 N–H and O–H groups in total. The molecule has 96 valence electrons. The Morgan fingerprint density at radius 1 is 1.47 bits per heavy atom. The van der Waals surface area contributed by atoms with Crippen LogP contribution in [0.5, 0.6) is 0 Å². The molecular formula is C13H18BrClFN. The molecule has 0 saturated heterocycles. The third-order valence-electron chi connectivity index (χ3n) is 3.07. The van der Waals surface area contributed by atoms with Crippen molar-refractivity contribution in [3.63, 3.8) is 0 Å². The van der Waals surface area contributed by atoms with Crippen LogP contribution in [0.25, 0.3) is 0 Å². The van der Waals surface area contributed by atoms with Crippen molar-refractivity contribution in [3.8, 4) is 0 Å². The Bertz CT molecular complexity index is 407. The fourth-order valence-electron chi connectivity index (χ4n) is 2.03. The molecule has 1 aromatic carbocycles. The van der Waals surface area contributed by atoms with Crippen LogP contribution in [0.2, 0.25) is 5.02 Å². The summed E-state index contributed by atoms with van der Waals surface area (Å²) >= 11 is 9.15. The molecule has 0 aliphatic heterocycles. The second-order valence-electron chi connectivity index (χ2n) is 5.00. The van der Waals surface area contributed by atoms with Gasteiger partial charge in [-0.2, -0.15) is 0 Å². The number of rotatable bonds is 4. The summed E-state index contributed by atoms with van der Waals surface area (Å²) in [5, 5.41) is 3.33. The summed E-state index contributed by atoms with van der Waals surface area (Å²) < 4.78 is 14.7. The number of nitrogens with one attached hydrogen (secondary N) is 1. The van der Waals surface area contributed by atoms with Crippen molar-refractivity contribution in [1.82, 2.24) is 5.32 Å². The Morgan fingerprint density at radius 2 is 2.06 bits per heavy atom. The lowest BCUT2D eigenvalue weighted by molar-refractivity contribution is 0.390. The lowest BCUT2D eigenvalue weighted by Gasteiger charge is -2.29. The van der Waals surface area contributed by atoms with Gasteiger partial charge in [-0.3, -0.25) is 0 Å². The Morgan fingerprint density at radius 3 is 2.59 bits per heavy atom. The molecule has 1 rings (SSSR count). The van der Waals surface area contributed by atoms with E-state index in [2.05, 4.69) is 28.2 Å². The van der Waals surface area contributed by atoms with Gasteiger partial charge < -0.3 is 5.32 Å². The van der Waals surface area contributed by atoms with E-state index in [1.165, 1.54) is 0 Å². The van der Waals surface area contributed by atoms with Crippen LogP contribution >= 0.6 is 27.5 Å². The summed E-state index contributed by atoms with van der Waals surface area (Å²) in [5.41, 5.74) is 0.407. The van der Waals surface area contributed by atoms with Crippen molar-refractivity contribution in [2.24, 2.45) is 0 Å². The highest BCUT2D eigenvalue weighted by Gasteiger charge is 2.27. The van der Waals surface area contributed by atoms with Gasteiger partial charge in [0.1, 0.15) is 5.82 Å². The van der Waals surface area contributed by atoms with Crippen LogP contribution < -0.4 is 5.32 Å². The molecule has 1 aromatic rings. The van der Waals surface area contributed by atoms with Crippen molar-refractivity contribution in [1.29, 1.82) is 0 Å². The van der Waals surface area contributed by atoms with Crippen LogP contribution in [-0.2, 0) is 5.41 Å². The fourth-order valence-corrected chi connectivity index (χ4v) is 2.50. The molecule has 0 heterocycles. The maximum absolute atomic E-state index is 14.1. The summed E-state index contributed by atoms with van der Waals surface area (Å²) in [6.07, 6.45) is 0.846. The molecule has 0 fully saturated rings. The van der Waals surface area contributed by atoms with Gasteiger partial charge in [0.25, 0.3) is 0 Å². The Hall–Kier alpha value is -0.120. The van der Waals surface area contributed by atoms with Crippen LogP contribution in [0.15, 0.2) is 16.6 Å². The quantitative estimate of drug-likeness (QED) is 0.804. The summed E-state index contributed by atoms with van der Waals surface area (Å²) in [6, 6.07) is 3.92. The van der Waals surface area contributed by atoms with Gasteiger partial charge in [0.15, 0.2) is 0 Å². The minimum absolute atomic E-state index is 0.160. The van der Waals surface area contributed by atoms with E-state index < -0.39 is 0 Å². The van der Waals surface area contributed by atoms with Crippen LogP contribution in [0, 0.1) is 5.82 Å². The molecule has 0 aliphatic rings. The van der Waals surface area contributed by atoms with E-state index >= 15 is 0 Å². The van der Waals surface area contributed by atoms with Gasteiger partial charge in [0.2, 0.25) is 0 Å². The molecule has 0 spiro atoms. The van der Waals surface area contributed by atoms with Gasteiger partial charge in [-0.05, 0) is 53.4 Å². The molecule has 0 radical (unpaired) electrons. The summed E-state index contributed by atoms with van der Waals surface area (Å²) in [6.45, 7) is 6.15. The Labute approximate surface area is 116 Å². The van der Waals surface area contributed by atoms with E-state index in [-0.39, 0.29) is 16.3 Å². The Kier molecular flexibility index (Phi) is 4.99. The molecule has 0 aromatic heterocycles. The maximum Gasteiger partial charge on any atom is 0.146 e. The monoisotopic (exact) mass is 321 g/mol. The van der Waals surface area contributed by atoms with E-state index in [1.54, 1.807) is 12.1 Å². The van der Waals surface area contributed by atoms with Gasteiger partial charge in [-0.15, -0.1) is 0 Å². The van der Waals surface area contributed by atoms with Gasteiger partial charge in [0.05, 0.1) is 5.02 Å². The average molecular weight is 323 g/mol. The molecule has 0 bridgehead atoms. The average Bonchev–Trinajstić information content (AvgIpc) is 2.24. The van der Waals surface area contributed by atoms with Crippen molar-refractivity contribution in [3.05, 3.63) is 33.0 Å². The Balaban J connectivity index is 3.11. The lowest BCUT2D eigenvalue weighted by atomic mass is 9.79. The van der Waals surface area contributed by atoms with E-state index in [1.807, 2.05) is 20.9 Å². The van der Waals surface area contributed by atoms with Crippen molar-refractivity contribution >= 4 is 27.5 Å². The standard InChI is InChI=1S/C13H18BrClFN/c1-8(17-4)7-13(2,3)9-5-6-10(14)11(15)12(9)16/h5-6,8,17H,7H2,1-4H3. The largest absolute Gasteiger partial charge is 0.317 e. The second-order valence-corrected chi connectivity index (χ2v) is 6.23. The van der Waals surface area contributed by atoms with Crippen molar-refractivity contribution < 1.29 is 4.39 Å². The predicted octanol–water partition coefficient (Wildman–Crippen LogP) is 4.52. The second kappa shape index (κ2) is 5.68. The highest BCUT2D eigenvalue weighted by Crippen LogP contribution is 2.36. The molecule has 0 amide bonds. The van der Waals surface area contributed by atoms with Crippen LogP contribution in [0.1, 0.15) is 32.8 Å². The van der Waals surface area contributed by atoms with E-state index in [0.29, 0.717) is 16.1 Å². The molecule has 1 nitrogen and oxygen atoms in total. The minimum Gasteiger partial charge on any atom is -0.317 e. The normalized spacial score (nSPS) is 13.8. The van der Waals surface area contributed by atoms with Crippen LogP contribution in [0.4, 0.5) is 4.39 Å². The van der Waals surface area contributed by atoms with E-state index in [0.717, 1.165) is 6.42 Å². The first-order valence-electron chi connectivity index (χ1n) is 5.61. The number of hydrogen-bond donors (Lipinski definition) is 1. The van der Waals surface area contributed by atoms with Crippen LogP contribution in [-0.4, -0.2) is 13.1 Å². The van der Waals surface area contributed by atoms with Crippen molar-refractivity contribution in [2.45, 2.75) is 38.6 Å². The molecule has 0 saturated carbocycles. The van der Waals surface area contributed by atoms with Crippen molar-refractivity contribution in [2.75, 3.05) is 7.05 Å². The zero-order valence-electron chi connectivity index (χ0n) is 10.6. The van der Waals surface area contributed by atoms with Gasteiger partial charge in [-0.25, -0.2) is 4.39 Å². The van der Waals surface area contributed by atoms with Crippen LogP contribution in [0.3, 0.4) is 0 Å². The van der Waals surface area contributed by atoms with E-state index in [4.69, 9.17) is 11.6 Å². The summed E-state index contributed by atoms with van der Waals surface area (Å²) in [7, 11) is 1.91. The first-order chi connectivity index (χ1) is 7.79. The molecule has 0 aliphatic carbocycles. The van der Waals surface area contributed by atoms with Gasteiger partial charge >= 0.3 is 0 Å². The summed E-state index contributed by atoms with van der Waals surface area (Å²) in [4.78, 5) is 0. The molecule has 1 unspecified atom stereocenters. The lowest BCUT2D eigenvalue weighted by Crippen LogP contribution is -2.31. The summed E-state index contributed by atoms with van der Waals surface area (Å²) in [5.74, 6) is -0.325. The van der Waals surface area contributed by atoms with Gasteiger partial charge in [0, 0.05) is 10.5 Å². The third kappa shape index (κ3) is 3.43. The topological polar surface area (TPSA) is 12.0 Å². The third-order valence-corrected chi connectivity index (χ3v) is 4.33. The highest BCUT2D eigenvalue weighted by molar-refractivity contribution is 9.10. The predicted molar refractivity (Wildman–Crippen MR) is 75.3 cm³/mol. The molecule has 17 heavy (non-hydrogen) atoms. The maximum atomic E-state index is 14.1.